The van der Waals surface area contributed by atoms with Crippen molar-refractivity contribution in [2.24, 2.45) is 0 Å². The Kier molecular flexibility index (Phi) is 8.84. The Balaban J connectivity index is 2.60. The summed E-state index contributed by atoms with van der Waals surface area (Å²) in [5.74, 6) is 4.65. The van der Waals surface area contributed by atoms with Crippen LogP contribution in [-0.4, -0.2) is 42.4 Å². The number of hydrogen-bond donors (Lipinski definition) is 0. The van der Waals surface area contributed by atoms with E-state index >= 15 is 0 Å². The van der Waals surface area contributed by atoms with Crippen molar-refractivity contribution in [3.8, 4) is 0 Å². The molecular weight excluding hydrogens is 274 g/mol. The highest BCUT2D eigenvalue weighted by Gasteiger charge is 2.06. The third-order valence-electron chi connectivity index (χ3n) is 2.81. The lowest BCUT2D eigenvalue weighted by atomic mass is 10.2. The van der Waals surface area contributed by atoms with Gasteiger partial charge >= 0.3 is 0 Å². The molecule has 2 nitrogen and oxygen atoms in total. The average molecular weight is 297 g/mol. The molecule has 1 rings (SSSR count). The monoisotopic (exact) mass is 297 g/mol. The average Bonchev–Trinajstić information content (AvgIpc) is 2.46. The minimum atomic E-state index is 0.745. The van der Waals surface area contributed by atoms with Gasteiger partial charge in [0.2, 0.25) is 0 Å². The maximum absolute atomic E-state index is 10.7. The van der Waals surface area contributed by atoms with Gasteiger partial charge in [-0.1, -0.05) is 13.8 Å². The van der Waals surface area contributed by atoms with Gasteiger partial charge in [-0.25, -0.2) is 0 Å². The van der Waals surface area contributed by atoms with Crippen molar-refractivity contribution in [3.63, 3.8) is 0 Å². The Bertz CT molecular complexity index is 344. The second-order valence-corrected chi connectivity index (χ2v) is 6.88. The standard InChI is InChI=1S/C15H23NOS2/c1-3-18-11-9-16(10-12-19-4-2)15-7-5-14(13-17)6-8-15/h5-8,13H,3-4,9-12H2,1-2H3. The third-order valence-corrected chi connectivity index (χ3v) is 4.57. The van der Waals surface area contributed by atoms with Gasteiger partial charge in [0, 0.05) is 35.8 Å². The normalized spacial score (nSPS) is 10.4. The van der Waals surface area contributed by atoms with Crippen LogP contribution in [0.25, 0.3) is 0 Å². The first-order chi connectivity index (χ1) is 9.31. The van der Waals surface area contributed by atoms with Crippen LogP contribution in [0.15, 0.2) is 24.3 Å². The van der Waals surface area contributed by atoms with Crippen molar-refractivity contribution < 1.29 is 4.79 Å². The molecule has 0 unspecified atom stereocenters. The highest BCUT2D eigenvalue weighted by molar-refractivity contribution is 7.99. The van der Waals surface area contributed by atoms with E-state index in [0.717, 1.165) is 36.4 Å². The van der Waals surface area contributed by atoms with Crippen molar-refractivity contribution >= 4 is 35.5 Å². The molecule has 0 saturated carbocycles. The molecular formula is C15H23NOS2. The van der Waals surface area contributed by atoms with Crippen molar-refractivity contribution in [3.05, 3.63) is 29.8 Å². The first-order valence-electron chi connectivity index (χ1n) is 6.77. The molecule has 0 spiro atoms. The maximum atomic E-state index is 10.7. The summed E-state index contributed by atoms with van der Waals surface area (Å²) in [6, 6.07) is 7.90. The van der Waals surface area contributed by atoms with Gasteiger partial charge < -0.3 is 4.90 Å². The van der Waals surface area contributed by atoms with Gasteiger partial charge in [0.05, 0.1) is 0 Å². The fraction of sp³-hybridized carbons (Fsp3) is 0.533. The fourth-order valence-electron chi connectivity index (χ4n) is 1.77. The minimum Gasteiger partial charge on any atom is -0.370 e. The summed E-state index contributed by atoms with van der Waals surface area (Å²) >= 11 is 3.95. The van der Waals surface area contributed by atoms with E-state index in [9.17, 15) is 4.79 Å². The van der Waals surface area contributed by atoms with Gasteiger partial charge in [0.1, 0.15) is 6.29 Å². The molecule has 0 aliphatic rings. The topological polar surface area (TPSA) is 20.3 Å². The van der Waals surface area contributed by atoms with E-state index in [1.807, 2.05) is 35.7 Å². The number of benzene rings is 1. The number of thioether (sulfide) groups is 2. The van der Waals surface area contributed by atoms with Gasteiger partial charge in [-0.15, -0.1) is 0 Å². The zero-order valence-electron chi connectivity index (χ0n) is 11.8. The van der Waals surface area contributed by atoms with Crippen molar-refractivity contribution in [2.75, 3.05) is 41.0 Å². The third kappa shape index (κ3) is 6.39. The molecule has 4 heteroatoms. The predicted octanol–water partition coefficient (Wildman–Crippen LogP) is 3.81. The van der Waals surface area contributed by atoms with Gasteiger partial charge in [-0.05, 0) is 35.8 Å². The van der Waals surface area contributed by atoms with Gasteiger partial charge in [0.15, 0.2) is 0 Å². The first kappa shape index (κ1) is 16.4. The summed E-state index contributed by atoms with van der Waals surface area (Å²) in [5, 5.41) is 0. The Hall–Kier alpha value is -0.610. The van der Waals surface area contributed by atoms with Crippen LogP contribution in [0.2, 0.25) is 0 Å². The number of nitrogens with zero attached hydrogens (tertiary/aromatic N) is 1. The zero-order valence-corrected chi connectivity index (χ0v) is 13.4. The van der Waals surface area contributed by atoms with E-state index < -0.39 is 0 Å². The van der Waals surface area contributed by atoms with Crippen molar-refractivity contribution in [2.45, 2.75) is 13.8 Å². The Morgan fingerprint density at radius 3 is 1.95 bits per heavy atom. The predicted molar refractivity (Wildman–Crippen MR) is 90.0 cm³/mol. The number of hydrogen-bond acceptors (Lipinski definition) is 4. The lowest BCUT2D eigenvalue weighted by Gasteiger charge is -2.24. The summed E-state index contributed by atoms with van der Waals surface area (Å²) in [5.41, 5.74) is 1.97. The van der Waals surface area contributed by atoms with Gasteiger partial charge in [-0.3, -0.25) is 4.79 Å². The molecule has 0 aromatic heterocycles. The molecule has 1 aromatic carbocycles. The molecule has 0 aliphatic heterocycles. The fourth-order valence-corrected chi connectivity index (χ4v) is 3.05. The van der Waals surface area contributed by atoms with Crippen LogP contribution < -0.4 is 4.90 Å². The van der Waals surface area contributed by atoms with E-state index in [0.29, 0.717) is 0 Å². The minimum absolute atomic E-state index is 0.745. The zero-order chi connectivity index (χ0) is 13.9. The molecule has 0 N–H and O–H groups in total. The van der Waals surface area contributed by atoms with Crippen LogP contribution >= 0.6 is 23.5 Å². The molecule has 0 radical (unpaired) electrons. The van der Waals surface area contributed by atoms with Crippen LogP contribution in [0.1, 0.15) is 24.2 Å². The summed E-state index contributed by atoms with van der Waals surface area (Å²) in [6.07, 6.45) is 0.897. The second-order valence-electron chi connectivity index (χ2n) is 4.09. The molecule has 0 atom stereocenters. The second kappa shape index (κ2) is 10.2. The Morgan fingerprint density at radius 1 is 1.00 bits per heavy atom. The smallest absolute Gasteiger partial charge is 0.150 e. The van der Waals surface area contributed by atoms with Crippen LogP contribution in [0.3, 0.4) is 0 Å². The van der Waals surface area contributed by atoms with E-state index in [1.165, 1.54) is 17.2 Å². The number of carbonyl (C=O) groups is 1. The van der Waals surface area contributed by atoms with E-state index in [-0.39, 0.29) is 0 Å². The Morgan fingerprint density at radius 2 is 1.53 bits per heavy atom. The molecule has 0 amide bonds. The summed E-state index contributed by atoms with van der Waals surface area (Å²) in [4.78, 5) is 13.1. The maximum Gasteiger partial charge on any atom is 0.150 e. The van der Waals surface area contributed by atoms with E-state index in [2.05, 4.69) is 30.9 Å². The highest BCUT2D eigenvalue weighted by atomic mass is 32.2. The summed E-state index contributed by atoms with van der Waals surface area (Å²) in [6.45, 7) is 6.54. The van der Waals surface area contributed by atoms with Gasteiger partial charge in [-0.2, -0.15) is 23.5 Å². The molecule has 19 heavy (non-hydrogen) atoms. The number of anilines is 1. The van der Waals surface area contributed by atoms with Crippen LogP contribution in [0.4, 0.5) is 5.69 Å². The largest absolute Gasteiger partial charge is 0.370 e. The lowest BCUT2D eigenvalue weighted by Crippen LogP contribution is -2.28. The number of carbonyl (C=O) groups excluding carboxylic acids is 1. The summed E-state index contributed by atoms with van der Waals surface area (Å²) in [7, 11) is 0. The van der Waals surface area contributed by atoms with Gasteiger partial charge in [0.25, 0.3) is 0 Å². The Labute approximate surface area is 125 Å². The molecule has 0 aliphatic carbocycles. The number of aldehydes is 1. The highest BCUT2D eigenvalue weighted by Crippen LogP contribution is 2.16. The molecule has 1 aromatic rings. The van der Waals surface area contributed by atoms with E-state index in [4.69, 9.17) is 0 Å². The first-order valence-corrected chi connectivity index (χ1v) is 9.08. The quantitative estimate of drug-likeness (QED) is 0.483. The van der Waals surface area contributed by atoms with E-state index in [1.54, 1.807) is 0 Å². The number of rotatable bonds is 10. The molecule has 0 bridgehead atoms. The summed E-state index contributed by atoms with van der Waals surface area (Å²) < 4.78 is 0. The van der Waals surface area contributed by atoms with Crippen LogP contribution in [0.5, 0.6) is 0 Å². The van der Waals surface area contributed by atoms with Crippen LogP contribution in [-0.2, 0) is 0 Å². The molecule has 0 heterocycles. The SMILES string of the molecule is CCSCCN(CCSCC)c1ccc(C=O)cc1. The molecule has 0 saturated heterocycles. The molecule has 0 fully saturated rings. The van der Waals surface area contributed by atoms with Crippen molar-refractivity contribution in [1.82, 2.24) is 0 Å². The van der Waals surface area contributed by atoms with Crippen molar-refractivity contribution in [1.29, 1.82) is 0 Å². The lowest BCUT2D eigenvalue weighted by molar-refractivity contribution is 0.112. The molecule has 106 valence electrons. The van der Waals surface area contributed by atoms with Crippen LogP contribution in [0, 0.1) is 0 Å².